The summed E-state index contributed by atoms with van der Waals surface area (Å²) in [5.41, 5.74) is 0.968. The van der Waals surface area contributed by atoms with Gasteiger partial charge in [-0.1, -0.05) is 13.8 Å². The Bertz CT molecular complexity index is 636. The van der Waals surface area contributed by atoms with E-state index in [4.69, 9.17) is 18.9 Å². The van der Waals surface area contributed by atoms with E-state index in [1.807, 2.05) is 13.8 Å². The van der Waals surface area contributed by atoms with Crippen LogP contribution in [0.5, 0.6) is 17.2 Å². The second-order valence-corrected chi connectivity index (χ2v) is 5.48. The van der Waals surface area contributed by atoms with Crippen LogP contribution in [0.1, 0.15) is 25.8 Å². The standard InChI is InChI=1S/C17H21NO5/c1-10(2)6-15-18-12(17(19)23-15)7-11-8-13(20-3)16(22-5)14(9-11)21-4/h7-10H,6H2,1-5H3/b12-7+. The SMILES string of the molecule is COc1cc(/C=C2/N=C(CC(C)C)OC2=O)cc(OC)c1OC. The molecule has 124 valence electrons. The maximum absolute atomic E-state index is 11.9. The minimum atomic E-state index is -0.450. The number of nitrogens with zero attached hydrogens (tertiary/aromatic N) is 1. The maximum Gasteiger partial charge on any atom is 0.363 e. The van der Waals surface area contributed by atoms with Gasteiger partial charge >= 0.3 is 5.97 Å². The van der Waals surface area contributed by atoms with E-state index in [0.717, 1.165) is 0 Å². The van der Waals surface area contributed by atoms with Gasteiger partial charge in [0.05, 0.1) is 21.3 Å². The number of ether oxygens (including phenoxy) is 4. The van der Waals surface area contributed by atoms with Gasteiger partial charge in [-0.2, -0.15) is 0 Å². The Morgan fingerprint density at radius 1 is 1.13 bits per heavy atom. The molecule has 0 unspecified atom stereocenters. The fraction of sp³-hybridized carbons (Fsp3) is 0.412. The summed E-state index contributed by atoms with van der Waals surface area (Å²) in [5.74, 6) is 1.88. The second-order valence-electron chi connectivity index (χ2n) is 5.48. The van der Waals surface area contributed by atoms with Crippen molar-refractivity contribution in [3.63, 3.8) is 0 Å². The van der Waals surface area contributed by atoms with Gasteiger partial charge in [-0.3, -0.25) is 0 Å². The van der Waals surface area contributed by atoms with Crippen molar-refractivity contribution in [1.82, 2.24) is 0 Å². The lowest BCUT2D eigenvalue weighted by molar-refractivity contribution is -0.130. The predicted molar refractivity (Wildman–Crippen MR) is 87.1 cm³/mol. The van der Waals surface area contributed by atoms with Gasteiger partial charge in [-0.15, -0.1) is 0 Å². The number of carbonyl (C=O) groups is 1. The third kappa shape index (κ3) is 3.83. The van der Waals surface area contributed by atoms with Crippen molar-refractivity contribution in [2.75, 3.05) is 21.3 Å². The zero-order valence-electron chi connectivity index (χ0n) is 14.0. The average Bonchev–Trinajstić information content (AvgIpc) is 2.84. The molecule has 0 N–H and O–H groups in total. The van der Waals surface area contributed by atoms with Gasteiger partial charge in [0.15, 0.2) is 23.1 Å². The molecule has 0 aromatic heterocycles. The van der Waals surface area contributed by atoms with Crippen molar-refractivity contribution in [3.05, 3.63) is 23.4 Å². The van der Waals surface area contributed by atoms with Crippen LogP contribution in [-0.2, 0) is 9.53 Å². The molecule has 1 aliphatic heterocycles. The lowest BCUT2D eigenvalue weighted by atomic mass is 10.1. The quantitative estimate of drug-likeness (QED) is 0.595. The number of cyclic esters (lactones) is 1. The lowest BCUT2D eigenvalue weighted by Gasteiger charge is -2.12. The van der Waals surface area contributed by atoms with Gasteiger partial charge in [0.2, 0.25) is 5.75 Å². The summed E-state index contributed by atoms with van der Waals surface area (Å²) in [6.07, 6.45) is 2.26. The van der Waals surface area contributed by atoms with E-state index in [-0.39, 0.29) is 5.70 Å². The number of carbonyl (C=O) groups excluding carboxylic acids is 1. The summed E-state index contributed by atoms with van der Waals surface area (Å²) >= 11 is 0. The molecular formula is C17H21NO5. The molecule has 1 aromatic carbocycles. The summed E-state index contributed by atoms with van der Waals surface area (Å²) in [4.78, 5) is 16.2. The summed E-state index contributed by atoms with van der Waals surface area (Å²) in [6, 6.07) is 3.50. The molecule has 0 atom stereocenters. The molecular weight excluding hydrogens is 298 g/mol. The molecule has 0 bridgehead atoms. The smallest absolute Gasteiger partial charge is 0.363 e. The highest BCUT2D eigenvalue weighted by Crippen LogP contribution is 2.39. The maximum atomic E-state index is 11.9. The van der Waals surface area contributed by atoms with E-state index in [9.17, 15) is 4.79 Å². The topological polar surface area (TPSA) is 66.4 Å². The van der Waals surface area contributed by atoms with Crippen molar-refractivity contribution >= 4 is 17.9 Å². The van der Waals surface area contributed by atoms with Gasteiger partial charge in [-0.05, 0) is 29.7 Å². The van der Waals surface area contributed by atoms with Gasteiger partial charge in [0.1, 0.15) is 0 Å². The van der Waals surface area contributed by atoms with Crippen molar-refractivity contribution in [3.8, 4) is 17.2 Å². The summed E-state index contributed by atoms with van der Waals surface area (Å²) < 4.78 is 21.0. The predicted octanol–water partition coefficient (Wildman–Crippen LogP) is 3.05. The zero-order chi connectivity index (χ0) is 17.0. The van der Waals surface area contributed by atoms with Crippen LogP contribution in [-0.4, -0.2) is 33.2 Å². The molecule has 0 saturated heterocycles. The normalized spacial score (nSPS) is 15.7. The van der Waals surface area contributed by atoms with E-state index in [1.165, 1.54) is 21.3 Å². The molecule has 6 heteroatoms. The second kappa shape index (κ2) is 7.17. The summed E-state index contributed by atoms with van der Waals surface area (Å²) in [7, 11) is 4.61. The third-order valence-electron chi connectivity index (χ3n) is 3.24. The monoisotopic (exact) mass is 319 g/mol. The fourth-order valence-electron chi connectivity index (χ4n) is 2.23. The Hall–Kier alpha value is -2.50. The third-order valence-corrected chi connectivity index (χ3v) is 3.24. The number of rotatable bonds is 6. The summed E-state index contributed by atoms with van der Waals surface area (Å²) in [6.45, 7) is 4.08. The Labute approximate surface area is 135 Å². The fourth-order valence-corrected chi connectivity index (χ4v) is 2.23. The molecule has 6 nitrogen and oxygen atoms in total. The Kier molecular flexibility index (Phi) is 5.26. The molecule has 0 radical (unpaired) electrons. The minimum Gasteiger partial charge on any atom is -0.493 e. The number of hydrogen-bond donors (Lipinski definition) is 0. The molecule has 2 rings (SSSR count). The van der Waals surface area contributed by atoms with Crippen LogP contribution >= 0.6 is 0 Å². The number of esters is 1. The van der Waals surface area contributed by atoms with Crippen LogP contribution < -0.4 is 14.2 Å². The van der Waals surface area contributed by atoms with Crippen molar-refractivity contribution in [2.45, 2.75) is 20.3 Å². The Balaban J connectivity index is 2.39. The first-order valence-corrected chi connectivity index (χ1v) is 7.30. The van der Waals surface area contributed by atoms with Crippen LogP contribution in [0.2, 0.25) is 0 Å². The van der Waals surface area contributed by atoms with Gasteiger partial charge in [0, 0.05) is 6.42 Å². The zero-order valence-corrected chi connectivity index (χ0v) is 14.0. The van der Waals surface area contributed by atoms with Gasteiger partial charge < -0.3 is 18.9 Å². The lowest BCUT2D eigenvalue weighted by Crippen LogP contribution is -2.06. The van der Waals surface area contributed by atoms with E-state index < -0.39 is 5.97 Å². The van der Waals surface area contributed by atoms with E-state index in [0.29, 0.717) is 41.0 Å². The molecule has 1 aliphatic rings. The first-order valence-electron chi connectivity index (χ1n) is 7.30. The van der Waals surface area contributed by atoms with Crippen LogP contribution in [0.4, 0.5) is 0 Å². The molecule has 1 aromatic rings. The van der Waals surface area contributed by atoms with Gasteiger partial charge in [0.25, 0.3) is 0 Å². The number of methoxy groups -OCH3 is 3. The highest BCUT2D eigenvalue weighted by Gasteiger charge is 2.23. The number of hydrogen-bond acceptors (Lipinski definition) is 6. The van der Waals surface area contributed by atoms with E-state index in [2.05, 4.69) is 4.99 Å². The largest absolute Gasteiger partial charge is 0.493 e. The Morgan fingerprint density at radius 3 is 2.22 bits per heavy atom. The van der Waals surface area contributed by atoms with Crippen LogP contribution in [0, 0.1) is 5.92 Å². The first-order chi connectivity index (χ1) is 11.0. The summed E-state index contributed by atoms with van der Waals surface area (Å²) in [5, 5.41) is 0. The molecule has 0 fully saturated rings. The first kappa shape index (κ1) is 16.9. The van der Waals surface area contributed by atoms with Crippen LogP contribution in [0.15, 0.2) is 22.8 Å². The molecule has 0 saturated carbocycles. The van der Waals surface area contributed by atoms with Crippen molar-refractivity contribution in [1.29, 1.82) is 0 Å². The highest BCUT2D eigenvalue weighted by molar-refractivity contribution is 6.07. The van der Waals surface area contributed by atoms with Crippen LogP contribution in [0.25, 0.3) is 6.08 Å². The number of aliphatic imine (C=N–C) groups is 1. The van der Waals surface area contributed by atoms with Gasteiger partial charge in [-0.25, -0.2) is 9.79 Å². The minimum absolute atomic E-state index is 0.259. The molecule has 23 heavy (non-hydrogen) atoms. The van der Waals surface area contributed by atoms with E-state index in [1.54, 1.807) is 18.2 Å². The highest BCUT2D eigenvalue weighted by atomic mass is 16.6. The average molecular weight is 319 g/mol. The van der Waals surface area contributed by atoms with Crippen molar-refractivity contribution in [2.24, 2.45) is 10.9 Å². The van der Waals surface area contributed by atoms with Crippen LogP contribution in [0.3, 0.4) is 0 Å². The molecule has 0 amide bonds. The molecule has 0 spiro atoms. The molecule has 0 aliphatic carbocycles. The molecule has 1 heterocycles. The number of benzene rings is 1. The van der Waals surface area contributed by atoms with Crippen molar-refractivity contribution < 1.29 is 23.7 Å². The van der Waals surface area contributed by atoms with E-state index >= 15 is 0 Å². The Morgan fingerprint density at radius 2 is 1.74 bits per heavy atom.